The van der Waals surface area contributed by atoms with Crippen LogP contribution in [0.3, 0.4) is 0 Å². The maximum absolute atomic E-state index is 13.1. The van der Waals surface area contributed by atoms with Gasteiger partial charge in [0.05, 0.1) is 23.3 Å². The van der Waals surface area contributed by atoms with E-state index in [1.165, 1.54) is 0 Å². The van der Waals surface area contributed by atoms with Gasteiger partial charge in [0, 0.05) is 24.2 Å². The molecule has 1 saturated heterocycles. The molecule has 1 aliphatic rings. The molecule has 0 aliphatic carbocycles. The number of para-hydroxylation sites is 1. The molecule has 156 valence electrons. The predicted molar refractivity (Wildman–Crippen MR) is 112 cm³/mol. The fourth-order valence-electron chi connectivity index (χ4n) is 4.03. The summed E-state index contributed by atoms with van der Waals surface area (Å²) in [5.41, 5.74) is 3.17. The number of nitrogens with zero attached hydrogens (tertiary/aromatic N) is 2. The van der Waals surface area contributed by atoms with Crippen LogP contribution in [0.2, 0.25) is 0 Å². The summed E-state index contributed by atoms with van der Waals surface area (Å²) in [7, 11) is 0. The first-order valence-corrected chi connectivity index (χ1v) is 10.4. The third-order valence-corrected chi connectivity index (χ3v) is 5.22. The molecule has 1 amide bonds. The molecule has 0 spiro atoms. The van der Waals surface area contributed by atoms with Crippen molar-refractivity contribution in [3.63, 3.8) is 0 Å². The zero-order valence-corrected chi connectivity index (χ0v) is 17.7. The van der Waals surface area contributed by atoms with Gasteiger partial charge in [-0.2, -0.15) is 0 Å². The van der Waals surface area contributed by atoms with Crippen molar-refractivity contribution in [2.45, 2.75) is 59.2 Å². The van der Waals surface area contributed by atoms with E-state index in [-0.39, 0.29) is 24.7 Å². The largest absolute Gasteiger partial charge is 0.452 e. The Morgan fingerprint density at radius 2 is 1.86 bits per heavy atom. The molecule has 0 unspecified atom stereocenters. The predicted octanol–water partition coefficient (Wildman–Crippen LogP) is 3.54. The molecule has 2 aromatic rings. The van der Waals surface area contributed by atoms with Gasteiger partial charge in [0.25, 0.3) is 5.91 Å². The molecular weight excluding hydrogens is 368 g/mol. The molecule has 0 bridgehead atoms. The Hall–Kier alpha value is -2.47. The highest BCUT2D eigenvalue weighted by Crippen LogP contribution is 2.26. The van der Waals surface area contributed by atoms with Crippen LogP contribution in [0.25, 0.3) is 10.9 Å². The summed E-state index contributed by atoms with van der Waals surface area (Å²) >= 11 is 0. The first-order chi connectivity index (χ1) is 13.9. The zero-order chi connectivity index (χ0) is 21.0. The molecule has 3 rings (SSSR count). The van der Waals surface area contributed by atoms with Crippen molar-refractivity contribution in [2.24, 2.45) is 0 Å². The molecular formula is C23H30N2O4. The third-order valence-electron chi connectivity index (χ3n) is 5.22. The molecule has 6 nitrogen and oxygen atoms in total. The van der Waals surface area contributed by atoms with Gasteiger partial charge in [0.15, 0.2) is 6.61 Å². The number of aromatic nitrogens is 1. The van der Waals surface area contributed by atoms with E-state index < -0.39 is 5.97 Å². The summed E-state index contributed by atoms with van der Waals surface area (Å²) in [6.07, 6.45) is 2.39. The fourth-order valence-corrected chi connectivity index (χ4v) is 4.03. The lowest BCUT2D eigenvalue weighted by Gasteiger charge is -2.35. The van der Waals surface area contributed by atoms with Gasteiger partial charge in [-0.25, -0.2) is 4.79 Å². The van der Waals surface area contributed by atoms with Crippen LogP contribution >= 0.6 is 0 Å². The first-order valence-electron chi connectivity index (χ1n) is 10.4. The van der Waals surface area contributed by atoms with Crippen LogP contribution in [0.4, 0.5) is 0 Å². The summed E-state index contributed by atoms with van der Waals surface area (Å²) in [5, 5.41) is 0.773. The monoisotopic (exact) mass is 398 g/mol. The highest BCUT2D eigenvalue weighted by atomic mass is 16.5. The first kappa shape index (κ1) is 21.2. The average molecular weight is 399 g/mol. The van der Waals surface area contributed by atoms with Crippen LogP contribution in [0, 0.1) is 0 Å². The topological polar surface area (TPSA) is 68.7 Å². The number of carbonyl (C=O) groups excluding carboxylic acids is 2. The lowest BCUT2D eigenvalue weighted by atomic mass is 9.96. The standard InChI is InChI=1S/C23H30N2O4/c1-5-9-19-17(6-2)22(18-10-7-8-11-20(18)24-19)23(27)28-14-21(26)25-12-15(3)29-16(4)13-25/h7-8,10-11,15-16H,5-6,9,12-14H2,1-4H3/t15-,16-/m1/s1. The fraction of sp³-hybridized carbons (Fsp3) is 0.522. The number of esters is 1. The van der Waals surface area contributed by atoms with E-state index in [0.29, 0.717) is 25.1 Å². The highest BCUT2D eigenvalue weighted by molar-refractivity contribution is 6.05. The van der Waals surface area contributed by atoms with Crippen molar-refractivity contribution in [3.8, 4) is 0 Å². The number of rotatable bonds is 6. The van der Waals surface area contributed by atoms with E-state index in [1.807, 2.05) is 45.0 Å². The number of hydrogen-bond acceptors (Lipinski definition) is 5. The van der Waals surface area contributed by atoms with E-state index >= 15 is 0 Å². The summed E-state index contributed by atoms with van der Waals surface area (Å²) in [4.78, 5) is 32.1. The second kappa shape index (κ2) is 9.35. The van der Waals surface area contributed by atoms with Gasteiger partial charge in [-0.1, -0.05) is 38.5 Å². The lowest BCUT2D eigenvalue weighted by Crippen LogP contribution is -2.49. The van der Waals surface area contributed by atoms with Crippen molar-refractivity contribution in [2.75, 3.05) is 19.7 Å². The van der Waals surface area contributed by atoms with Gasteiger partial charge < -0.3 is 14.4 Å². The van der Waals surface area contributed by atoms with Gasteiger partial charge in [-0.3, -0.25) is 9.78 Å². The Balaban J connectivity index is 1.84. The minimum absolute atomic E-state index is 0.0224. The van der Waals surface area contributed by atoms with Crippen LogP contribution in [0.5, 0.6) is 0 Å². The Labute approximate surface area is 172 Å². The van der Waals surface area contributed by atoms with Gasteiger partial charge in [0.2, 0.25) is 0 Å². The van der Waals surface area contributed by atoms with E-state index in [2.05, 4.69) is 6.92 Å². The van der Waals surface area contributed by atoms with Crippen LogP contribution < -0.4 is 0 Å². The minimum atomic E-state index is -0.458. The van der Waals surface area contributed by atoms with Gasteiger partial charge in [-0.05, 0) is 38.3 Å². The average Bonchev–Trinajstić information content (AvgIpc) is 2.70. The Bertz CT molecular complexity index is 886. The molecule has 1 aliphatic heterocycles. The van der Waals surface area contributed by atoms with Crippen molar-refractivity contribution in [1.82, 2.24) is 9.88 Å². The van der Waals surface area contributed by atoms with Crippen LogP contribution in [0.1, 0.15) is 55.7 Å². The normalized spacial score (nSPS) is 19.4. The number of carbonyl (C=O) groups is 2. The second-order valence-electron chi connectivity index (χ2n) is 7.66. The van der Waals surface area contributed by atoms with Crippen molar-refractivity contribution in [1.29, 1.82) is 0 Å². The molecule has 2 heterocycles. The number of morpholine rings is 1. The Morgan fingerprint density at radius 1 is 1.17 bits per heavy atom. The van der Waals surface area contributed by atoms with Crippen LogP contribution in [0.15, 0.2) is 24.3 Å². The molecule has 0 N–H and O–H groups in total. The molecule has 6 heteroatoms. The lowest BCUT2D eigenvalue weighted by molar-refractivity contribution is -0.146. The van der Waals surface area contributed by atoms with E-state index in [1.54, 1.807) is 4.90 Å². The van der Waals surface area contributed by atoms with Gasteiger partial charge >= 0.3 is 5.97 Å². The number of benzene rings is 1. The Morgan fingerprint density at radius 3 is 2.52 bits per heavy atom. The molecule has 1 aromatic heterocycles. The maximum atomic E-state index is 13.1. The van der Waals surface area contributed by atoms with Crippen molar-refractivity contribution >= 4 is 22.8 Å². The molecule has 29 heavy (non-hydrogen) atoms. The number of ether oxygens (including phenoxy) is 2. The van der Waals surface area contributed by atoms with Crippen LogP contribution in [-0.4, -0.2) is 53.7 Å². The number of fused-ring (bicyclic) bond motifs is 1. The molecule has 2 atom stereocenters. The number of hydrogen-bond donors (Lipinski definition) is 0. The Kier molecular flexibility index (Phi) is 6.85. The van der Waals surface area contributed by atoms with E-state index in [4.69, 9.17) is 14.5 Å². The third kappa shape index (κ3) is 4.75. The number of pyridine rings is 1. The van der Waals surface area contributed by atoms with Gasteiger partial charge in [0.1, 0.15) is 0 Å². The summed E-state index contributed by atoms with van der Waals surface area (Å²) in [6.45, 7) is 8.75. The van der Waals surface area contributed by atoms with Crippen molar-refractivity contribution in [3.05, 3.63) is 41.1 Å². The summed E-state index contributed by atoms with van der Waals surface area (Å²) in [6, 6.07) is 7.60. The quantitative estimate of drug-likeness (QED) is 0.696. The summed E-state index contributed by atoms with van der Waals surface area (Å²) < 4.78 is 11.2. The molecule has 0 radical (unpaired) electrons. The number of amides is 1. The smallest absolute Gasteiger partial charge is 0.339 e. The van der Waals surface area contributed by atoms with E-state index in [0.717, 1.165) is 35.0 Å². The maximum Gasteiger partial charge on any atom is 0.339 e. The van der Waals surface area contributed by atoms with E-state index in [9.17, 15) is 9.59 Å². The molecule has 1 fully saturated rings. The zero-order valence-electron chi connectivity index (χ0n) is 17.7. The molecule has 0 saturated carbocycles. The molecule has 1 aromatic carbocycles. The van der Waals surface area contributed by atoms with Crippen LogP contribution in [-0.2, 0) is 27.1 Å². The number of aryl methyl sites for hydroxylation is 1. The minimum Gasteiger partial charge on any atom is -0.452 e. The summed E-state index contributed by atoms with van der Waals surface area (Å²) in [5.74, 6) is -0.647. The van der Waals surface area contributed by atoms with Crippen molar-refractivity contribution < 1.29 is 19.1 Å². The SMILES string of the molecule is CCCc1nc2ccccc2c(C(=O)OCC(=O)N2C[C@@H](C)O[C@H](C)C2)c1CC. The highest BCUT2D eigenvalue weighted by Gasteiger charge is 2.27. The van der Waals surface area contributed by atoms with Gasteiger partial charge in [-0.15, -0.1) is 0 Å². The second-order valence-corrected chi connectivity index (χ2v) is 7.66.